The minimum Gasteiger partial charge on any atom is -0.493 e. The highest BCUT2D eigenvalue weighted by atomic mass is 35.5. The van der Waals surface area contributed by atoms with Crippen LogP contribution in [0.15, 0.2) is 12.1 Å². The highest BCUT2D eigenvalue weighted by Crippen LogP contribution is 2.32. The van der Waals surface area contributed by atoms with Crippen LogP contribution in [0.25, 0.3) is 0 Å². The van der Waals surface area contributed by atoms with E-state index in [1.165, 1.54) is 4.90 Å². The number of aldehydes is 1. The normalized spacial score (nSPS) is 10.2. The van der Waals surface area contributed by atoms with Gasteiger partial charge >= 0.3 is 0 Å². The zero-order chi connectivity index (χ0) is 15.1. The molecule has 0 saturated heterocycles. The van der Waals surface area contributed by atoms with Gasteiger partial charge in [0.05, 0.1) is 18.8 Å². The molecule has 0 unspecified atom stereocenters. The fourth-order valence-electron chi connectivity index (χ4n) is 2.07. The van der Waals surface area contributed by atoms with Crippen LogP contribution in [0.3, 0.4) is 0 Å². The zero-order valence-electron chi connectivity index (χ0n) is 12.1. The molecule has 0 bridgehead atoms. The average molecular weight is 298 g/mol. The minimum absolute atomic E-state index is 0.00946. The van der Waals surface area contributed by atoms with Gasteiger partial charge in [0.15, 0.2) is 0 Å². The minimum atomic E-state index is -0.294. The summed E-state index contributed by atoms with van der Waals surface area (Å²) in [6.45, 7) is 6.41. The van der Waals surface area contributed by atoms with Crippen molar-refractivity contribution in [2.75, 3.05) is 23.9 Å². The lowest BCUT2D eigenvalue weighted by molar-refractivity contribution is -0.117. The summed E-state index contributed by atoms with van der Waals surface area (Å²) in [4.78, 5) is 24.2. The first-order chi connectivity index (χ1) is 9.56. The van der Waals surface area contributed by atoms with E-state index >= 15 is 0 Å². The van der Waals surface area contributed by atoms with Crippen molar-refractivity contribution in [3.63, 3.8) is 0 Å². The SMILES string of the molecule is CCCOc1ccc(C)c(N(CC=O)C(=O)CCl)c1C. The highest BCUT2D eigenvalue weighted by Gasteiger charge is 2.20. The Hall–Kier alpha value is -1.55. The molecule has 5 heteroatoms. The molecule has 4 nitrogen and oxygen atoms in total. The standard InChI is InChI=1S/C15H20ClNO3/c1-4-9-20-13-6-5-11(2)15(12(13)3)17(7-8-18)14(19)10-16/h5-6,8H,4,7,9-10H2,1-3H3. The van der Waals surface area contributed by atoms with E-state index in [4.69, 9.17) is 16.3 Å². The summed E-state index contributed by atoms with van der Waals surface area (Å²) in [5, 5.41) is 0. The molecule has 0 heterocycles. The third-order valence-electron chi connectivity index (χ3n) is 2.99. The van der Waals surface area contributed by atoms with Gasteiger partial charge in [-0.25, -0.2) is 0 Å². The molecule has 0 aliphatic carbocycles. The third-order valence-corrected chi connectivity index (χ3v) is 3.22. The Morgan fingerprint density at radius 1 is 1.40 bits per heavy atom. The molecular formula is C15H20ClNO3. The maximum absolute atomic E-state index is 11.9. The molecule has 1 rings (SSSR count). The lowest BCUT2D eigenvalue weighted by Gasteiger charge is -2.25. The van der Waals surface area contributed by atoms with Gasteiger partial charge < -0.3 is 14.4 Å². The van der Waals surface area contributed by atoms with Crippen LogP contribution in [0.2, 0.25) is 0 Å². The predicted octanol–water partition coefficient (Wildman–Crippen LogP) is 2.86. The van der Waals surface area contributed by atoms with Gasteiger partial charge in [-0.2, -0.15) is 0 Å². The van der Waals surface area contributed by atoms with Crippen LogP contribution in [0, 0.1) is 13.8 Å². The smallest absolute Gasteiger partial charge is 0.242 e. The first kappa shape index (κ1) is 16.5. The Kier molecular flexibility index (Phi) is 6.52. The summed E-state index contributed by atoms with van der Waals surface area (Å²) < 4.78 is 5.66. The number of benzene rings is 1. The van der Waals surface area contributed by atoms with Gasteiger partial charge in [-0.05, 0) is 31.9 Å². The maximum Gasteiger partial charge on any atom is 0.242 e. The summed E-state index contributed by atoms with van der Waals surface area (Å²) in [5.74, 6) is 0.274. The predicted molar refractivity (Wildman–Crippen MR) is 80.8 cm³/mol. The number of amides is 1. The number of hydrogen-bond acceptors (Lipinski definition) is 3. The number of halogens is 1. The molecule has 0 aliphatic rings. The van der Waals surface area contributed by atoms with E-state index in [0.717, 1.165) is 23.3 Å². The number of rotatable bonds is 7. The van der Waals surface area contributed by atoms with Gasteiger partial charge in [-0.3, -0.25) is 4.79 Å². The Balaban J connectivity index is 3.25. The number of anilines is 1. The number of carbonyl (C=O) groups is 2. The second-order valence-corrected chi connectivity index (χ2v) is 4.77. The van der Waals surface area contributed by atoms with Gasteiger partial charge in [-0.15, -0.1) is 11.6 Å². The molecule has 0 aliphatic heterocycles. The first-order valence-electron chi connectivity index (χ1n) is 6.59. The molecule has 20 heavy (non-hydrogen) atoms. The van der Waals surface area contributed by atoms with Gasteiger partial charge in [0.2, 0.25) is 5.91 Å². The lowest BCUT2D eigenvalue weighted by Crippen LogP contribution is -2.34. The van der Waals surface area contributed by atoms with Crippen molar-refractivity contribution in [3.05, 3.63) is 23.3 Å². The van der Waals surface area contributed by atoms with E-state index in [1.807, 2.05) is 32.9 Å². The van der Waals surface area contributed by atoms with Crippen LogP contribution in [-0.4, -0.2) is 31.2 Å². The van der Waals surface area contributed by atoms with Crippen LogP contribution >= 0.6 is 11.6 Å². The van der Waals surface area contributed by atoms with Crippen LogP contribution < -0.4 is 9.64 Å². The molecule has 0 atom stereocenters. The number of nitrogens with zero attached hydrogens (tertiary/aromatic N) is 1. The summed E-state index contributed by atoms with van der Waals surface area (Å²) in [5.41, 5.74) is 2.46. The molecule has 1 aromatic carbocycles. The van der Waals surface area contributed by atoms with Crippen molar-refractivity contribution < 1.29 is 14.3 Å². The fourth-order valence-corrected chi connectivity index (χ4v) is 2.21. The Labute approximate surface area is 124 Å². The van der Waals surface area contributed by atoms with Crippen molar-refractivity contribution >= 4 is 29.5 Å². The highest BCUT2D eigenvalue weighted by molar-refractivity contribution is 6.29. The van der Waals surface area contributed by atoms with E-state index in [2.05, 4.69) is 0 Å². The second kappa shape index (κ2) is 7.90. The van der Waals surface area contributed by atoms with E-state index in [0.29, 0.717) is 18.6 Å². The Morgan fingerprint density at radius 3 is 2.65 bits per heavy atom. The summed E-state index contributed by atoms with van der Waals surface area (Å²) in [6.07, 6.45) is 1.60. The monoisotopic (exact) mass is 297 g/mol. The number of hydrogen-bond donors (Lipinski definition) is 0. The zero-order valence-corrected chi connectivity index (χ0v) is 12.9. The molecule has 0 saturated carbocycles. The number of carbonyl (C=O) groups excluding carboxylic acids is 2. The van der Waals surface area contributed by atoms with Crippen molar-refractivity contribution in [2.45, 2.75) is 27.2 Å². The number of ether oxygens (including phenoxy) is 1. The van der Waals surface area contributed by atoms with Gasteiger partial charge in [-0.1, -0.05) is 13.0 Å². The molecular weight excluding hydrogens is 278 g/mol. The Bertz CT molecular complexity index is 488. The summed E-state index contributed by atoms with van der Waals surface area (Å²) >= 11 is 5.62. The van der Waals surface area contributed by atoms with Crippen LogP contribution in [0.5, 0.6) is 5.75 Å². The summed E-state index contributed by atoms with van der Waals surface area (Å²) in [7, 11) is 0. The Morgan fingerprint density at radius 2 is 2.10 bits per heavy atom. The molecule has 110 valence electrons. The van der Waals surface area contributed by atoms with Crippen molar-refractivity contribution in [3.8, 4) is 5.75 Å². The summed E-state index contributed by atoms with van der Waals surface area (Å²) in [6, 6.07) is 3.76. The quantitative estimate of drug-likeness (QED) is 0.574. The molecule has 1 aromatic rings. The van der Waals surface area contributed by atoms with Crippen molar-refractivity contribution in [2.24, 2.45) is 0 Å². The molecule has 1 amide bonds. The topological polar surface area (TPSA) is 46.6 Å². The van der Waals surface area contributed by atoms with Crippen LogP contribution in [0.4, 0.5) is 5.69 Å². The van der Waals surface area contributed by atoms with E-state index in [9.17, 15) is 9.59 Å². The largest absolute Gasteiger partial charge is 0.493 e. The van der Waals surface area contributed by atoms with Crippen LogP contribution in [0.1, 0.15) is 24.5 Å². The maximum atomic E-state index is 11.9. The van der Waals surface area contributed by atoms with Crippen molar-refractivity contribution in [1.82, 2.24) is 0 Å². The van der Waals surface area contributed by atoms with Gasteiger partial charge in [0, 0.05) is 5.56 Å². The van der Waals surface area contributed by atoms with Crippen molar-refractivity contribution in [1.29, 1.82) is 0 Å². The molecule has 0 aromatic heterocycles. The number of aryl methyl sites for hydroxylation is 1. The van der Waals surface area contributed by atoms with E-state index in [1.54, 1.807) is 0 Å². The van der Waals surface area contributed by atoms with Gasteiger partial charge in [0.25, 0.3) is 0 Å². The van der Waals surface area contributed by atoms with Crippen LogP contribution in [-0.2, 0) is 9.59 Å². The molecule has 0 fully saturated rings. The lowest BCUT2D eigenvalue weighted by atomic mass is 10.1. The fraction of sp³-hybridized carbons (Fsp3) is 0.467. The number of alkyl halides is 1. The van der Waals surface area contributed by atoms with E-state index in [-0.39, 0.29) is 18.3 Å². The first-order valence-corrected chi connectivity index (χ1v) is 7.13. The second-order valence-electron chi connectivity index (χ2n) is 4.51. The third kappa shape index (κ3) is 3.73. The molecule has 0 N–H and O–H groups in total. The van der Waals surface area contributed by atoms with Gasteiger partial charge in [0.1, 0.15) is 17.9 Å². The molecule has 0 spiro atoms. The average Bonchev–Trinajstić information content (AvgIpc) is 2.44. The van der Waals surface area contributed by atoms with E-state index < -0.39 is 0 Å². The molecule has 0 radical (unpaired) electrons.